The number of pyridine rings is 1. The molecule has 0 amide bonds. The van der Waals surface area contributed by atoms with Crippen LogP contribution in [0.15, 0.2) is 18.5 Å². The second-order valence-electron chi connectivity index (χ2n) is 2.88. The summed E-state index contributed by atoms with van der Waals surface area (Å²) in [6.45, 7) is 1.95. The highest BCUT2D eigenvalue weighted by molar-refractivity contribution is 5.30. The van der Waals surface area contributed by atoms with Gasteiger partial charge in [-0.1, -0.05) is 6.92 Å². The summed E-state index contributed by atoms with van der Waals surface area (Å²) in [7, 11) is 0. The van der Waals surface area contributed by atoms with Gasteiger partial charge in [0.05, 0.1) is 11.6 Å². The fourth-order valence-corrected chi connectivity index (χ4v) is 1.04. The van der Waals surface area contributed by atoms with Crippen LogP contribution in [0.3, 0.4) is 0 Å². The minimum absolute atomic E-state index is 0.144. The molecule has 0 bridgehead atoms. The van der Waals surface area contributed by atoms with Gasteiger partial charge in [-0.15, -0.1) is 0 Å². The third kappa shape index (κ3) is 2.28. The molecular formula is C10H9N3. The Morgan fingerprint density at radius 3 is 2.85 bits per heavy atom. The van der Waals surface area contributed by atoms with E-state index in [9.17, 15) is 0 Å². The highest BCUT2D eigenvalue weighted by Crippen LogP contribution is 2.17. The Morgan fingerprint density at radius 1 is 1.46 bits per heavy atom. The molecule has 0 aliphatic rings. The van der Waals surface area contributed by atoms with E-state index >= 15 is 0 Å². The van der Waals surface area contributed by atoms with Crippen LogP contribution < -0.4 is 0 Å². The van der Waals surface area contributed by atoms with Crippen LogP contribution in [0.25, 0.3) is 0 Å². The molecule has 1 aromatic rings. The molecule has 0 saturated heterocycles. The van der Waals surface area contributed by atoms with Crippen LogP contribution in [0.5, 0.6) is 0 Å². The van der Waals surface area contributed by atoms with Crippen LogP contribution >= 0.6 is 0 Å². The van der Waals surface area contributed by atoms with Crippen molar-refractivity contribution in [2.75, 3.05) is 0 Å². The predicted octanol–water partition coefficient (Wildman–Crippen LogP) is 1.97. The van der Waals surface area contributed by atoms with E-state index in [-0.39, 0.29) is 5.92 Å². The van der Waals surface area contributed by atoms with Crippen LogP contribution in [0.1, 0.15) is 30.4 Å². The zero-order valence-electron chi connectivity index (χ0n) is 7.36. The van der Waals surface area contributed by atoms with Gasteiger partial charge in [0.15, 0.2) is 0 Å². The first-order valence-electron chi connectivity index (χ1n) is 4.00. The van der Waals surface area contributed by atoms with Crippen molar-refractivity contribution in [1.82, 2.24) is 4.98 Å². The Bertz CT molecular complexity index is 370. The summed E-state index contributed by atoms with van der Waals surface area (Å²) in [6, 6.07) is 5.88. The van der Waals surface area contributed by atoms with Gasteiger partial charge in [0, 0.05) is 18.8 Å². The van der Waals surface area contributed by atoms with Gasteiger partial charge in [-0.3, -0.25) is 4.98 Å². The first-order valence-corrected chi connectivity index (χ1v) is 4.00. The first kappa shape index (κ1) is 9.22. The normalized spacial score (nSPS) is 11.3. The molecule has 0 fully saturated rings. The van der Waals surface area contributed by atoms with Gasteiger partial charge in [-0.25, -0.2) is 0 Å². The lowest BCUT2D eigenvalue weighted by molar-refractivity contribution is 0.783. The van der Waals surface area contributed by atoms with Crippen molar-refractivity contribution < 1.29 is 0 Å². The zero-order valence-corrected chi connectivity index (χ0v) is 7.36. The number of rotatable bonds is 2. The highest BCUT2D eigenvalue weighted by Gasteiger charge is 2.05. The first-order chi connectivity index (χ1) is 6.27. The molecule has 13 heavy (non-hydrogen) atoms. The molecule has 0 aliphatic heterocycles. The third-order valence-electron chi connectivity index (χ3n) is 1.86. The smallest absolute Gasteiger partial charge is 0.101 e. The molecule has 0 saturated carbocycles. The average molecular weight is 171 g/mol. The van der Waals surface area contributed by atoms with E-state index in [1.807, 2.05) is 13.0 Å². The van der Waals surface area contributed by atoms with Crippen LogP contribution in [-0.2, 0) is 0 Å². The largest absolute Gasteiger partial charge is 0.263 e. The van der Waals surface area contributed by atoms with Gasteiger partial charge in [0.1, 0.15) is 6.07 Å². The van der Waals surface area contributed by atoms with Gasteiger partial charge in [-0.05, 0) is 17.5 Å². The van der Waals surface area contributed by atoms with Crippen LogP contribution in [-0.4, -0.2) is 4.98 Å². The number of aromatic nitrogens is 1. The summed E-state index contributed by atoms with van der Waals surface area (Å²) in [4.78, 5) is 3.93. The van der Waals surface area contributed by atoms with E-state index in [0.717, 1.165) is 5.56 Å². The summed E-state index contributed by atoms with van der Waals surface area (Å²) < 4.78 is 0. The molecular weight excluding hydrogens is 162 g/mol. The highest BCUT2D eigenvalue weighted by atomic mass is 14.6. The van der Waals surface area contributed by atoms with E-state index in [1.165, 1.54) is 6.20 Å². The summed E-state index contributed by atoms with van der Waals surface area (Å²) in [5, 5.41) is 17.1. The molecule has 0 spiro atoms. The number of nitrogens with zero attached hydrogens (tertiary/aromatic N) is 3. The van der Waals surface area contributed by atoms with Gasteiger partial charge in [0.25, 0.3) is 0 Å². The van der Waals surface area contributed by atoms with E-state index in [1.54, 1.807) is 12.3 Å². The lowest BCUT2D eigenvalue weighted by Gasteiger charge is -2.05. The van der Waals surface area contributed by atoms with Crippen LogP contribution in [0, 0.1) is 22.7 Å². The maximum Gasteiger partial charge on any atom is 0.101 e. The molecule has 1 rings (SSSR count). The molecule has 0 N–H and O–H groups in total. The average Bonchev–Trinajstić information content (AvgIpc) is 2.18. The Kier molecular flexibility index (Phi) is 3.00. The lowest BCUT2D eigenvalue weighted by Crippen LogP contribution is -1.93. The molecule has 3 nitrogen and oxygen atoms in total. The standard InChI is InChI=1S/C10H9N3/c1-8(2-3-11)10-4-9(5-12)6-13-7-10/h4,6-8H,2H2,1H3. The van der Waals surface area contributed by atoms with Crippen molar-refractivity contribution in [2.45, 2.75) is 19.3 Å². The van der Waals surface area contributed by atoms with Crippen LogP contribution in [0.2, 0.25) is 0 Å². The van der Waals surface area contributed by atoms with Crippen molar-refractivity contribution in [2.24, 2.45) is 0 Å². The molecule has 1 unspecified atom stereocenters. The Hall–Kier alpha value is -1.87. The summed E-state index contributed by atoms with van der Waals surface area (Å²) in [6.07, 6.45) is 3.67. The predicted molar refractivity (Wildman–Crippen MR) is 47.6 cm³/mol. The van der Waals surface area contributed by atoms with E-state index in [2.05, 4.69) is 11.1 Å². The monoisotopic (exact) mass is 171 g/mol. The molecule has 0 aromatic carbocycles. The summed E-state index contributed by atoms with van der Waals surface area (Å²) in [5.41, 5.74) is 1.49. The molecule has 0 aliphatic carbocycles. The van der Waals surface area contributed by atoms with Gasteiger partial charge < -0.3 is 0 Å². The van der Waals surface area contributed by atoms with Crippen molar-refractivity contribution >= 4 is 0 Å². The molecule has 1 atom stereocenters. The minimum atomic E-state index is 0.144. The molecule has 64 valence electrons. The molecule has 3 heteroatoms. The van der Waals surface area contributed by atoms with Crippen molar-refractivity contribution in [1.29, 1.82) is 10.5 Å². The van der Waals surface area contributed by atoms with Crippen LogP contribution in [0.4, 0.5) is 0 Å². The van der Waals surface area contributed by atoms with Gasteiger partial charge >= 0.3 is 0 Å². The number of hydrogen-bond acceptors (Lipinski definition) is 3. The fourth-order valence-electron chi connectivity index (χ4n) is 1.04. The van der Waals surface area contributed by atoms with Crippen molar-refractivity contribution in [3.8, 4) is 12.1 Å². The maximum atomic E-state index is 8.62. The lowest BCUT2D eigenvalue weighted by atomic mass is 9.99. The fraction of sp³-hybridized carbons (Fsp3) is 0.300. The quantitative estimate of drug-likeness (QED) is 0.683. The maximum absolute atomic E-state index is 8.62. The Morgan fingerprint density at radius 2 is 2.23 bits per heavy atom. The van der Waals surface area contributed by atoms with E-state index in [4.69, 9.17) is 10.5 Å². The molecule has 1 heterocycles. The van der Waals surface area contributed by atoms with E-state index in [0.29, 0.717) is 12.0 Å². The summed E-state index contributed by atoms with van der Waals surface area (Å²) in [5.74, 6) is 0.144. The van der Waals surface area contributed by atoms with Crippen molar-refractivity contribution in [3.05, 3.63) is 29.6 Å². The number of nitriles is 2. The minimum Gasteiger partial charge on any atom is -0.263 e. The van der Waals surface area contributed by atoms with Gasteiger partial charge in [0.2, 0.25) is 0 Å². The molecule has 0 radical (unpaired) electrons. The van der Waals surface area contributed by atoms with E-state index < -0.39 is 0 Å². The second-order valence-corrected chi connectivity index (χ2v) is 2.88. The Labute approximate surface area is 77.3 Å². The third-order valence-corrected chi connectivity index (χ3v) is 1.86. The topological polar surface area (TPSA) is 60.5 Å². The SMILES string of the molecule is CC(CC#N)c1cncc(C#N)c1. The number of hydrogen-bond donors (Lipinski definition) is 0. The zero-order chi connectivity index (χ0) is 9.68. The van der Waals surface area contributed by atoms with Gasteiger partial charge in [-0.2, -0.15) is 10.5 Å². The molecule has 1 aromatic heterocycles. The second kappa shape index (κ2) is 4.23. The summed E-state index contributed by atoms with van der Waals surface area (Å²) >= 11 is 0. The Balaban J connectivity index is 2.91. The van der Waals surface area contributed by atoms with Crippen molar-refractivity contribution in [3.63, 3.8) is 0 Å².